The summed E-state index contributed by atoms with van der Waals surface area (Å²) in [6.07, 6.45) is -6.03. The van der Waals surface area contributed by atoms with E-state index in [1.54, 1.807) is 0 Å². The Kier molecular flexibility index (Phi) is 8.08. The van der Waals surface area contributed by atoms with Crippen LogP contribution in [0.3, 0.4) is 0 Å². The average Bonchev–Trinajstić information content (AvgIpc) is 2.43. The number of unbranched alkanes of at least 4 members (excludes halogenated alkanes) is 1. The highest BCUT2D eigenvalue weighted by atomic mass is 19.4. The van der Waals surface area contributed by atoms with Crippen LogP contribution in [0.2, 0.25) is 0 Å². The van der Waals surface area contributed by atoms with Crippen molar-refractivity contribution in [2.24, 2.45) is 5.73 Å². The number of carbonyl (C=O) groups is 1. The standard InChI is InChI=1S/C13H20F5NO4/c14-12(15,13(16,17)18)7-5-3-1-2-4-6-9(21)11(19,8-20)10(22)23/h1-2,9,20-21H,3-8,19H2,(H,22,23)/b2-1+. The second-order valence-electron chi connectivity index (χ2n) is 5.16. The van der Waals surface area contributed by atoms with Crippen LogP contribution in [0, 0.1) is 0 Å². The fraction of sp³-hybridized carbons (Fsp3) is 0.769. The average molecular weight is 349 g/mol. The lowest BCUT2D eigenvalue weighted by Crippen LogP contribution is -2.60. The zero-order valence-corrected chi connectivity index (χ0v) is 12.2. The van der Waals surface area contributed by atoms with Gasteiger partial charge < -0.3 is 21.1 Å². The molecule has 0 aromatic heterocycles. The van der Waals surface area contributed by atoms with E-state index in [9.17, 15) is 31.9 Å². The van der Waals surface area contributed by atoms with E-state index < -0.39 is 42.7 Å². The molecule has 0 bridgehead atoms. The van der Waals surface area contributed by atoms with E-state index in [1.807, 2.05) is 0 Å². The van der Waals surface area contributed by atoms with Gasteiger partial charge in [-0.2, -0.15) is 22.0 Å². The molecule has 0 aromatic rings. The first-order chi connectivity index (χ1) is 10.4. The Balaban J connectivity index is 4.13. The van der Waals surface area contributed by atoms with Gasteiger partial charge in [0.05, 0.1) is 12.7 Å². The molecule has 0 fully saturated rings. The van der Waals surface area contributed by atoms with Crippen LogP contribution >= 0.6 is 0 Å². The first kappa shape index (κ1) is 21.7. The number of nitrogens with two attached hydrogens (primary N) is 1. The zero-order chi connectivity index (χ0) is 18.3. The van der Waals surface area contributed by atoms with Crippen molar-refractivity contribution in [1.82, 2.24) is 0 Å². The molecule has 23 heavy (non-hydrogen) atoms. The molecule has 5 nitrogen and oxygen atoms in total. The Morgan fingerprint density at radius 2 is 1.65 bits per heavy atom. The molecule has 0 saturated carbocycles. The number of alkyl halides is 5. The molecule has 0 heterocycles. The molecule has 2 atom stereocenters. The van der Waals surface area contributed by atoms with Crippen molar-refractivity contribution in [3.63, 3.8) is 0 Å². The second-order valence-corrected chi connectivity index (χ2v) is 5.16. The molecule has 5 N–H and O–H groups in total. The maximum Gasteiger partial charge on any atom is 0.453 e. The van der Waals surface area contributed by atoms with Crippen LogP contribution in [0.15, 0.2) is 12.2 Å². The lowest BCUT2D eigenvalue weighted by molar-refractivity contribution is -0.284. The maximum absolute atomic E-state index is 12.6. The number of hydrogen-bond acceptors (Lipinski definition) is 4. The van der Waals surface area contributed by atoms with E-state index in [1.165, 1.54) is 12.2 Å². The number of rotatable bonds is 10. The van der Waals surface area contributed by atoms with Crippen LogP contribution in [0.1, 0.15) is 32.1 Å². The number of hydrogen-bond donors (Lipinski definition) is 4. The number of aliphatic carboxylic acids is 1. The van der Waals surface area contributed by atoms with Gasteiger partial charge in [-0.15, -0.1) is 0 Å². The Bertz CT molecular complexity index is 414. The van der Waals surface area contributed by atoms with Crippen LogP contribution in [-0.2, 0) is 4.79 Å². The third-order valence-electron chi connectivity index (χ3n) is 3.30. The Morgan fingerprint density at radius 3 is 2.09 bits per heavy atom. The molecule has 0 rings (SSSR count). The van der Waals surface area contributed by atoms with Crippen molar-refractivity contribution < 1.29 is 42.1 Å². The summed E-state index contributed by atoms with van der Waals surface area (Å²) >= 11 is 0. The minimum Gasteiger partial charge on any atom is -0.480 e. The van der Waals surface area contributed by atoms with Gasteiger partial charge in [0, 0.05) is 6.42 Å². The largest absolute Gasteiger partial charge is 0.480 e. The number of aliphatic hydroxyl groups excluding tert-OH is 2. The molecule has 0 radical (unpaired) electrons. The predicted molar refractivity (Wildman–Crippen MR) is 70.9 cm³/mol. The summed E-state index contributed by atoms with van der Waals surface area (Å²) in [4.78, 5) is 10.8. The molecule has 0 aliphatic carbocycles. The smallest absolute Gasteiger partial charge is 0.453 e. The fourth-order valence-electron chi connectivity index (χ4n) is 1.65. The Labute approximate surface area is 129 Å². The lowest BCUT2D eigenvalue weighted by Gasteiger charge is -2.27. The molecular formula is C13H20F5NO4. The topological polar surface area (TPSA) is 104 Å². The van der Waals surface area contributed by atoms with Crippen LogP contribution < -0.4 is 5.73 Å². The van der Waals surface area contributed by atoms with Crippen LogP contribution in [0.25, 0.3) is 0 Å². The molecule has 10 heteroatoms. The lowest BCUT2D eigenvalue weighted by atomic mass is 9.91. The highest BCUT2D eigenvalue weighted by Crippen LogP contribution is 2.39. The van der Waals surface area contributed by atoms with Gasteiger partial charge >= 0.3 is 18.1 Å². The molecule has 0 aliphatic heterocycles. The highest BCUT2D eigenvalue weighted by Gasteiger charge is 2.56. The molecule has 0 amide bonds. The fourth-order valence-corrected chi connectivity index (χ4v) is 1.65. The van der Waals surface area contributed by atoms with Crippen LogP contribution in [0.4, 0.5) is 22.0 Å². The third-order valence-corrected chi connectivity index (χ3v) is 3.30. The van der Waals surface area contributed by atoms with Gasteiger partial charge in [-0.05, 0) is 25.7 Å². The van der Waals surface area contributed by atoms with Crippen LogP contribution in [0.5, 0.6) is 0 Å². The number of halogens is 5. The summed E-state index contributed by atoms with van der Waals surface area (Å²) in [5, 5.41) is 27.3. The van der Waals surface area contributed by atoms with Crippen molar-refractivity contribution in [1.29, 1.82) is 0 Å². The van der Waals surface area contributed by atoms with Gasteiger partial charge in [-0.3, -0.25) is 4.79 Å². The molecule has 0 saturated heterocycles. The minimum absolute atomic E-state index is 0.0194. The number of allylic oxidation sites excluding steroid dienone is 2. The molecular weight excluding hydrogens is 329 g/mol. The summed E-state index contributed by atoms with van der Waals surface area (Å²) in [6.45, 7) is -0.972. The van der Waals surface area contributed by atoms with E-state index >= 15 is 0 Å². The summed E-state index contributed by atoms with van der Waals surface area (Å²) in [6, 6.07) is 0. The van der Waals surface area contributed by atoms with Gasteiger partial charge in [0.15, 0.2) is 5.54 Å². The zero-order valence-electron chi connectivity index (χ0n) is 12.2. The first-order valence-corrected chi connectivity index (χ1v) is 6.79. The summed E-state index contributed by atoms with van der Waals surface area (Å²) in [7, 11) is 0. The van der Waals surface area contributed by atoms with Gasteiger partial charge in [-0.25, -0.2) is 0 Å². The normalized spacial score (nSPS) is 17.2. The quantitative estimate of drug-likeness (QED) is 0.274. The Hall–Kier alpha value is -1.26. The van der Waals surface area contributed by atoms with Gasteiger partial charge in [0.1, 0.15) is 0 Å². The molecule has 0 aliphatic rings. The van der Waals surface area contributed by atoms with Gasteiger partial charge in [-0.1, -0.05) is 12.2 Å². The van der Waals surface area contributed by atoms with Crippen molar-refractivity contribution in [2.45, 2.75) is 55.8 Å². The molecule has 0 aromatic carbocycles. The summed E-state index contributed by atoms with van der Waals surface area (Å²) < 4.78 is 60.8. The van der Waals surface area contributed by atoms with Crippen molar-refractivity contribution in [3.8, 4) is 0 Å². The predicted octanol–water partition coefficient (Wildman–Crippen LogP) is 1.83. The Morgan fingerprint density at radius 1 is 1.13 bits per heavy atom. The SMILES string of the molecule is NC(CO)(C(=O)O)C(O)CC/C=C/CCCC(F)(F)C(F)(F)F. The highest BCUT2D eigenvalue weighted by molar-refractivity contribution is 5.79. The molecule has 136 valence electrons. The number of carboxylic acid groups (broad SMARTS) is 1. The number of aliphatic hydroxyl groups is 2. The van der Waals surface area contributed by atoms with E-state index in [4.69, 9.17) is 15.9 Å². The van der Waals surface area contributed by atoms with Crippen molar-refractivity contribution >= 4 is 5.97 Å². The van der Waals surface area contributed by atoms with E-state index in [2.05, 4.69) is 0 Å². The monoisotopic (exact) mass is 349 g/mol. The maximum atomic E-state index is 12.6. The molecule has 0 spiro atoms. The summed E-state index contributed by atoms with van der Waals surface area (Å²) in [5.74, 6) is -6.30. The molecule has 2 unspecified atom stereocenters. The van der Waals surface area contributed by atoms with Gasteiger partial charge in [0.2, 0.25) is 0 Å². The summed E-state index contributed by atoms with van der Waals surface area (Å²) in [5.41, 5.74) is 3.12. The van der Waals surface area contributed by atoms with Crippen molar-refractivity contribution in [3.05, 3.63) is 12.2 Å². The van der Waals surface area contributed by atoms with E-state index in [0.717, 1.165) is 0 Å². The minimum atomic E-state index is -5.56. The van der Waals surface area contributed by atoms with E-state index in [0.29, 0.717) is 0 Å². The van der Waals surface area contributed by atoms with Gasteiger partial charge in [0.25, 0.3) is 0 Å². The second kappa shape index (κ2) is 8.55. The van der Waals surface area contributed by atoms with Crippen molar-refractivity contribution in [2.75, 3.05) is 6.61 Å². The van der Waals surface area contributed by atoms with Crippen LogP contribution in [-0.4, -0.2) is 51.6 Å². The van der Waals surface area contributed by atoms with E-state index in [-0.39, 0.29) is 25.7 Å². The third kappa shape index (κ3) is 6.40. The first-order valence-electron chi connectivity index (χ1n) is 6.79. The number of carboxylic acids is 1.